The first-order valence-electron chi connectivity index (χ1n) is 6.30. The molecule has 1 aromatic rings. The molecule has 1 heterocycles. The van der Waals surface area contributed by atoms with Gasteiger partial charge in [0.2, 0.25) is 0 Å². The van der Waals surface area contributed by atoms with E-state index in [9.17, 15) is 5.11 Å². The molecule has 0 bridgehead atoms. The van der Waals surface area contributed by atoms with Gasteiger partial charge < -0.3 is 10.0 Å². The zero-order chi connectivity index (χ0) is 12.4. The molecule has 0 radical (unpaired) electrons. The van der Waals surface area contributed by atoms with Crippen molar-refractivity contribution in [3.63, 3.8) is 0 Å². The van der Waals surface area contributed by atoms with Crippen molar-refractivity contribution in [3.05, 3.63) is 28.8 Å². The minimum absolute atomic E-state index is 0.456. The molecule has 2 rings (SSSR count). The summed E-state index contributed by atoms with van der Waals surface area (Å²) in [6.45, 7) is 6.22. The normalized spacial score (nSPS) is 19.4. The molecule has 0 unspecified atom stereocenters. The van der Waals surface area contributed by atoms with Crippen LogP contribution < -0.4 is 4.90 Å². The fraction of sp³-hybridized carbons (Fsp3) is 0.571. The molecular weight excluding hydrogens is 234 g/mol. The van der Waals surface area contributed by atoms with Crippen molar-refractivity contribution in [2.75, 3.05) is 18.0 Å². The summed E-state index contributed by atoms with van der Waals surface area (Å²) in [5.74, 6) is 0.821. The number of piperidine rings is 1. The van der Waals surface area contributed by atoms with Crippen molar-refractivity contribution in [2.24, 2.45) is 5.92 Å². The number of nitrogens with zero attached hydrogens (tertiary/aromatic N) is 1. The molecule has 1 atom stereocenters. The second-order valence-corrected chi connectivity index (χ2v) is 5.46. The molecular formula is C14H20ClNO. The van der Waals surface area contributed by atoms with E-state index in [1.165, 1.54) is 12.8 Å². The van der Waals surface area contributed by atoms with Gasteiger partial charge in [0.25, 0.3) is 0 Å². The van der Waals surface area contributed by atoms with E-state index >= 15 is 0 Å². The fourth-order valence-electron chi connectivity index (χ4n) is 2.29. The van der Waals surface area contributed by atoms with E-state index in [0.29, 0.717) is 0 Å². The lowest BCUT2D eigenvalue weighted by Crippen LogP contribution is -2.32. The van der Waals surface area contributed by atoms with Gasteiger partial charge in [0.05, 0.1) is 16.8 Å². The SMILES string of the molecule is CC1CCN(c2ccc([C@H](C)O)cc2Cl)CC1. The van der Waals surface area contributed by atoms with E-state index in [1.54, 1.807) is 6.92 Å². The predicted octanol–water partition coefficient (Wildman–Crippen LogP) is 3.63. The van der Waals surface area contributed by atoms with E-state index in [1.807, 2.05) is 18.2 Å². The van der Waals surface area contributed by atoms with Crippen LogP contribution in [-0.4, -0.2) is 18.2 Å². The van der Waals surface area contributed by atoms with Crippen LogP contribution in [0.3, 0.4) is 0 Å². The maximum absolute atomic E-state index is 9.51. The Morgan fingerprint density at radius 3 is 2.53 bits per heavy atom. The molecule has 1 fully saturated rings. The van der Waals surface area contributed by atoms with E-state index in [4.69, 9.17) is 11.6 Å². The highest BCUT2D eigenvalue weighted by atomic mass is 35.5. The first kappa shape index (κ1) is 12.7. The van der Waals surface area contributed by atoms with Crippen molar-refractivity contribution >= 4 is 17.3 Å². The van der Waals surface area contributed by atoms with Crippen LogP contribution in [0.2, 0.25) is 5.02 Å². The maximum Gasteiger partial charge on any atom is 0.0762 e. The molecule has 2 nitrogen and oxygen atoms in total. The Balaban J connectivity index is 2.16. The van der Waals surface area contributed by atoms with Crippen LogP contribution in [-0.2, 0) is 0 Å². The molecule has 94 valence electrons. The molecule has 1 aromatic carbocycles. The molecule has 0 saturated carbocycles. The third kappa shape index (κ3) is 2.93. The van der Waals surface area contributed by atoms with Crippen molar-refractivity contribution in [1.29, 1.82) is 0 Å². The van der Waals surface area contributed by atoms with Crippen molar-refractivity contribution < 1.29 is 5.11 Å². The molecule has 1 aliphatic rings. The molecule has 17 heavy (non-hydrogen) atoms. The zero-order valence-corrected chi connectivity index (χ0v) is 11.2. The lowest BCUT2D eigenvalue weighted by molar-refractivity contribution is 0.199. The van der Waals surface area contributed by atoms with Gasteiger partial charge in [-0.25, -0.2) is 0 Å². The summed E-state index contributed by atoms with van der Waals surface area (Å²) in [6.07, 6.45) is 2.01. The lowest BCUT2D eigenvalue weighted by atomic mass is 9.98. The number of anilines is 1. The number of aliphatic hydroxyl groups excluding tert-OH is 1. The van der Waals surface area contributed by atoms with Gasteiger partial charge in [-0.1, -0.05) is 24.6 Å². The lowest BCUT2D eigenvalue weighted by Gasteiger charge is -2.32. The Morgan fingerprint density at radius 1 is 1.35 bits per heavy atom. The van der Waals surface area contributed by atoms with E-state index in [0.717, 1.165) is 35.3 Å². The van der Waals surface area contributed by atoms with Gasteiger partial charge in [-0.3, -0.25) is 0 Å². The van der Waals surface area contributed by atoms with Crippen LogP contribution in [0.4, 0.5) is 5.69 Å². The number of hydrogen-bond acceptors (Lipinski definition) is 2. The number of aliphatic hydroxyl groups is 1. The molecule has 0 amide bonds. The Hall–Kier alpha value is -0.730. The van der Waals surface area contributed by atoms with Crippen LogP contribution in [0.25, 0.3) is 0 Å². The van der Waals surface area contributed by atoms with Gasteiger partial charge in [-0.05, 0) is 43.4 Å². The summed E-state index contributed by atoms with van der Waals surface area (Å²) in [5.41, 5.74) is 1.98. The molecule has 0 aliphatic carbocycles. The van der Waals surface area contributed by atoms with Crippen molar-refractivity contribution in [1.82, 2.24) is 0 Å². The van der Waals surface area contributed by atoms with Crippen LogP contribution in [0.15, 0.2) is 18.2 Å². The molecule has 1 N–H and O–H groups in total. The smallest absolute Gasteiger partial charge is 0.0762 e. The largest absolute Gasteiger partial charge is 0.389 e. The van der Waals surface area contributed by atoms with Crippen molar-refractivity contribution in [2.45, 2.75) is 32.8 Å². The van der Waals surface area contributed by atoms with Crippen LogP contribution >= 0.6 is 11.6 Å². The highest BCUT2D eigenvalue weighted by Crippen LogP contribution is 2.31. The van der Waals surface area contributed by atoms with Crippen molar-refractivity contribution in [3.8, 4) is 0 Å². The Bertz CT molecular complexity index is 384. The third-order valence-corrected chi connectivity index (χ3v) is 3.88. The molecule has 1 aliphatic heterocycles. The van der Waals surface area contributed by atoms with Gasteiger partial charge in [-0.15, -0.1) is 0 Å². The minimum Gasteiger partial charge on any atom is -0.389 e. The van der Waals surface area contributed by atoms with Gasteiger partial charge in [-0.2, -0.15) is 0 Å². The first-order chi connectivity index (χ1) is 8.08. The van der Waals surface area contributed by atoms with E-state index < -0.39 is 6.10 Å². The highest BCUT2D eigenvalue weighted by molar-refractivity contribution is 6.33. The predicted molar refractivity (Wildman–Crippen MR) is 72.7 cm³/mol. The third-order valence-electron chi connectivity index (χ3n) is 3.58. The number of benzene rings is 1. The average Bonchev–Trinajstić information content (AvgIpc) is 2.30. The average molecular weight is 254 g/mol. The summed E-state index contributed by atoms with van der Waals surface area (Å²) >= 11 is 6.29. The topological polar surface area (TPSA) is 23.5 Å². The van der Waals surface area contributed by atoms with Crippen LogP contribution in [0.5, 0.6) is 0 Å². The van der Waals surface area contributed by atoms with Gasteiger partial charge >= 0.3 is 0 Å². The summed E-state index contributed by atoms with van der Waals surface area (Å²) in [7, 11) is 0. The van der Waals surface area contributed by atoms with Crippen LogP contribution in [0, 0.1) is 5.92 Å². The van der Waals surface area contributed by atoms with E-state index in [-0.39, 0.29) is 0 Å². The fourth-order valence-corrected chi connectivity index (χ4v) is 2.60. The Morgan fingerprint density at radius 2 is 2.00 bits per heavy atom. The van der Waals surface area contributed by atoms with Gasteiger partial charge in [0.15, 0.2) is 0 Å². The molecule has 0 spiro atoms. The molecule has 3 heteroatoms. The second kappa shape index (κ2) is 5.28. The summed E-state index contributed by atoms with van der Waals surface area (Å²) < 4.78 is 0. The maximum atomic E-state index is 9.51. The van der Waals surface area contributed by atoms with Gasteiger partial charge in [0.1, 0.15) is 0 Å². The second-order valence-electron chi connectivity index (χ2n) is 5.06. The summed E-state index contributed by atoms with van der Waals surface area (Å²) in [6, 6.07) is 5.86. The highest BCUT2D eigenvalue weighted by Gasteiger charge is 2.18. The Labute approximate surface area is 108 Å². The zero-order valence-electron chi connectivity index (χ0n) is 10.5. The molecule has 0 aromatic heterocycles. The molecule has 1 saturated heterocycles. The number of halogens is 1. The Kier molecular flexibility index (Phi) is 3.95. The standard InChI is InChI=1S/C14H20ClNO/c1-10-5-7-16(8-6-10)14-4-3-12(11(2)17)9-13(14)15/h3-4,9-11,17H,5-8H2,1-2H3/t11-/m0/s1. The number of rotatable bonds is 2. The number of hydrogen-bond donors (Lipinski definition) is 1. The van der Waals surface area contributed by atoms with Gasteiger partial charge in [0, 0.05) is 13.1 Å². The monoisotopic (exact) mass is 253 g/mol. The van der Waals surface area contributed by atoms with Crippen LogP contribution in [0.1, 0.15) is 38.4 Å². The quantitative estimate of drug-likeness (QED) is 0.870. The first-order valence-corrected chi connectivity index (χ1v) is 6.68. The summed E-state index contributed by atoms with van der Waals surface area (Å²) in [4.78, 5) is 2.34. The minimum atomic E-state index is -0.456. The van der Waals surface area contributed by atoms with E-state index in [2.05, 4.69) is 11.8 Å². The summed E-state index contributed by atoms with van der Waals surface area (Å²) in [5, 5.41) is 10.3.